The maximum atomic E-state index is 10.3. The molecule has 0 aromatic rings. The molecule has 2 atom stereocenters. The highest BCUT2D eigenvalue weighted by Gasteiger charge is 2.11. The van der Waals surface area contributed by atoms with Crippen LogP contribution in [0.5, 0.6) is 0 Å². The van der Waals surface area contributed by atoms with Crippen LogP contribution in [0.1, 0.15) is 13.3 Å². The van der Waals surface area contributed by atoms with Crippen molar-refractivity contribution in [3.05, 3.63) is 0 Å². The molecule has 0 aliphatic rings. The van der Waals surface area contributed by atoms with Crippen LogP contribution >= 0.6 is 11.8 Å². The highest BCUT2D eigenvalue weighted by Crippen LogP contribution is 2.12. The Morgan fingerprint density at radius 2 is 2.31 bits per heavy atom. The summed E-state index contributed by atoms with van der Waals surface area (Å²) in [4.78, 5) is 10.3. The minimum Gasteiger partial charge on any atom is -0.480 e. The molecule has 0 aliphatic carbocycles. The maximum absolute atomic E-state index is 10.3. The zero-order chi connectivity index (χ0) is 10.3. The van der Waals surface area contributed by atoms with E-state index in [0.717, 1.165) is 5.75 Å². The van der Waals surface area contributed by atoms with Crippen molar-refractivity contribution in [2.24, 2.45) is 5.73 Å². The number of carboxylic acids is 1. The summed E-state index contributed by atoms with van der Waals surface area (Å²) in [6.07, 6.45) is 0.508. The standard InChI is InChI=1S/C8H17NO3S/c1-6(5-12-2)13-4-3-7(9)8(10)11/h6-7H,3-5,9H2,1-2H3,(H,10,11). The normalized spacial score (nSPS) is 15.3. The topological polar surface area (TPSA) is 72.5 Å². The van der Waals surface area contributed by atoms with Crippen molar-refractivity contribution in [2.45, 2.75) is 24.6 Å². The highest BCUT2D eigenvalue weighted by atomic mass is 32.2. The van der Waals surface area contributed by atoms with Crippen molar-refractivity contribution in [1.82, 2.24) is 0 Å². The summed E-state index contributed by atoms with van der Waals surface area (Å²) in [5, 5.41) is 8.89. The quantitative estimate of drug-likeness (QED) is 0.638. The van der Waals surface area contributed by atoms with Crippen LogP contribution in [0.3, 0.4) is 0 Å². The molecule has 0 heterocycles. The lowest BCUT2D eigenvalue weighted by Crippen LogP contribution is -2.30. The van der Waals surface area contributed by atoms with Crippen LogP contribution in [0.25, 0.3) is 0 Å². The molecule has 0 fully saturated rings. The van der Waals surface area contributed by atoms with E-state index in [0.29, 0.717) is 18.3 Å². The number of methoxy groups -OCH3 is 1. The molecule has 0 saturated carbocycles. The average Bonchev–Trinajstić information content (AvgIpc) is 2.04. The van der Waals surface area contributed by atoms with Gasteiger partial charge in [-0.2, -0.15) is 11.8 Å². The van der Waals surface area contributed by atoms with E-state index >= 15 is 0 Å². The molecule has 5 heteroatoms. The third-order valence-electron chi connectivity index (χ3n) is 1.55. The number of thioether (sulfide) groups is 1. The minimum absolute atomic E-state index is 0.394. The van der Waals surface area contributed by atoms with E-state index < -0.39 is 12.0 Å². The van der Waals surface area contributed by atoms with Crippen molar-refractivity contribution < 1.29 is 14.6 Å². The zero-order valence-electron chi connectivity index (χ0n) is 8.03. The van der Waals surface area contributed by atoms with Crippen LogP contribution in [0.15, 0.2) is 0 Å². The minimum atomic E-state index is -0.931. The summed E-state index contributed by atoms with van der Waals surface area (Å²) >= 11 is 1.68. The number of nitrogens with two attached hydrogens (primary N) is 1. The third kappa shape index (κ3) is 6.86. The van der Waals surface area contributed by atoms with Gasteiger partial charge in [0.1, 0.15) is 6.04 Å². The fraction of sp³-hybridized carbons (Fsp3) is 0.875. The second-order valence-electron chi connectivity index (χ2n) is 2.87. The number of carbonyl (C=O) groups is 1. The fourth-order valence-electron chi connectivity index (χ4n) is 0.802. The number of aliphatic carboxylic acids is 1. The van der Waals surface area contributed by atoms with Crippen molar-refractivity contribution in [1.29, 1.82) is 0 Å². The molecule has 2 unspecified atom stereocenters. The van der Waals surface area contributed by atoms with Crippen LogP contribution in [0.2, 0.25) is 0 Å². The Bertz CT molecular complexity index is 154. The summed E-state index contributed by atoms with van der Waals surface area (Å²) in [7, 11) is 1.65. The van der Waals surface area contributed by atoms with Gasteiger partial charge in [0.15, 0.2) is 0 Å². The number of carboxylic acid groups (broad SMARTS) is 1. The zero-order valence-corrected chi connectivity index (χ0v) is 8.84. The number of hydrogen-bond donors (Lipinski definition) is 2. The Morgan fingerprint density at radius 1 is 1.69 bits per heavy atom. The van der Waals surface area contributed by atoms with Crippen LogP contribution in [-0.2, 0) is 9.53 Å². The highest BCUT2D eigenvalue weighted by molar-refractivity contribution is 7.99. The first-order valence-electron chi connectivity index (χ1n) is 4.16. The molecular formula is C8H17NO3S. The van der Waals surface area contributed by atoms with Gasteiger partial charge in [0.25, 0.3) is 0 Å². The molecule has 0 spiro atoms. The predicted octanol–water partition coefficient (Wildman–Crippen LogP) is 0.557. The van der Waals surface area contributed by atoms with E-state index in [1.54, 1.807) is 18.9 Å². The van der Waals surface area contributed by atoms with E-state index in [-0.39, 0.29) is 0 Å². The van der Waals surface area contributed by atoms with Gasteiger partial charge in [-0.25, -0.2) is 0 Å². The van der Waals surface area contributed by atoms with E-state index in [1.165, 1.54) is 0 Å². The van der Waals surface area contributed by atoms with Crippen molar-refractivity contribution in [3.8, 4) is 0 Å². The van der Waals surface area contributed by atoms with Gasteiger partial charge >= 0.3 is 5.97 Å². The van der Waals surface area contributed by atoms with Crippen molar-refractivity contribution in [2.75, 3.05) is 19.5 Å². The Morgan fingerprint density at radius 3 is 2.77 bits per heavy atom. The summed E-state index contributed by atoms with van der Waals surface area (Å²) in [6, 6.07) is -0.734. The van der Waals surface area contributed by atoms with Crippen LogP contribution in [0.4, 0.5) is 0 Å². The van der Waals surface area contributed by atoms with Crippen molar-refractivity contribution >= 4 is 17.7 Å². The lowest BCUT2D eigenvalue weighted by atomic mass is 10.2. The fourth-order valence-corrected chi connectivity index (χ4v) is 1.83. The Labute approximate surface area is 82.8 Å². The monoisotopic (exact) mass is 207 g/mol. The van der Waals surface area contributed by atoms with Gasteiger partial charge in [0, 0.05) is 12.4 Å². The van der Waals surface area contributed by atoms with Gasteiger partial charge in [-0.1, -0.05) is 6.92 Å². The Hall–Kier alpha value is -0.260. The van der Waals surface area contributed by atoms with Gasteiger partial charge < -0.3 is 15.6 Å². The molecular weight excluding hydrogens is 190 g/mol. The van der Waals surface area contributed by atoms with E-state index in [4.69, 9.17) is 15.6 Å². The summed E-state index contributed by atoms with van der Waals surface area (Å²) in [6.45, 7) is 2.73. The smallest absolute Gasteiger partial charge is 0.320 e. The Balaban J connectivity index is 3.39. The molecule has 4 nitrogen and oxygen atoms in total. The summed E-state index contributed by atoms with van der Waals surface area (Å²) < 4.78 is 4.94. The molecule has 0 saturated heterocycles. The van der Waals surface area contributed by atoms with E-state index in [9.17, 15) is 4.79 Å². The van der Waals surface area contributed by atoms with Crippen LogP contribution in [-0.4, -0.2) is 41.8 Å². The molecule has 13 heavy (non-hydrogen) atoms. The van der Waals surface area contributed by atoms with Crippen LogP contribution < -0.4 is 5.73 Å². The SMILES string of the molecule is COCC(C)SCCC(N)C(=O)O. The van der Waals surface area contributed by atoms with Gasteiger partial charge in [-0.15, -0.1) is 0 Å². The molecule has 0 aromatic heterocycles. The first-order chi connectivity index (χ1) is 6.07. The predicted molar refractivity (Wildman–Crippen MR) is 54.0 cm³/mol. The third-order valence-corrected chi connectivity index (χ3v) is 2.73. The van der Waals surface area contributed by atoms with Gasteiger partial charge in [-0.05, 0) is 12.2 Å². The molecule has 0 radical (unpaired) electrons. The van der Waals surface area contributed by atoms with E-state index in [1.807, 2.05) is 6.92 Å². The molecule has 0 aromatic carbocycles. The lowest BCUT2D eigenvalue weighted by Gasteiger charge is -2.10. The second kappa shape index (κ2) is 7.17. The molecule has 0 aliphatic heterocycles. The van der Waals surface area contributed by atoms with Gasteiger partial charge in [0.05, 0.1) is 6.61 Å². The number of rotatable bonds is 7. The first kappa shape index (κ1) is 12.7. The molecule has 3 N–H and O–H groups in total. The largest absolute Gasteiger partial charge is 0.480 e. The first-order valence-corrected chi connectivity index (χ1v) is 5.21. The Kier molecular flexibility index (Phi) is 7.03. The number of ether oxygens (including phenoxy) is 1. The lowest BCUT2D eigenvalue weighted by molar-refractivity contribution is -0.138. The van der Waals surface area contributed by atoms with Gasteiger partial charge in [0.2, 0.25) is 0 Å². The molecule has 0 bridgehead atoms. The van der Waals surface area contributed by atoms with Crippen LogP contribution in [0, 0.1) is 0 Å². The summed E-state index contributed by atoms with van der Waals surface area (Å²) in [5.41, 5.74) is 5.33. The number of hydrogen-bond acceptors (Lipinski definition) is 4. The second-order valence-corrected chi connectivity index (χ2v) is 4.42. The molecule has 0 amide bonds. The van der Waals surface area contributed by atoms with Gasteiger partial charge in [-0.3, -0.25) is 4.79 Å². The average molecular weight is 207 g/mol. The van der Waals surface area contributed by atoms with Crippen molar-refractivity contribution in [3.63, 3.8) is 0 Å². The summed E-state index contributed by atoms with van der Waals surface area (Å²) in [5.74, 6) is -0.169. The molecule has 0 rings (SSSR count). The maximum Gasteiger partial charge on any atom is 0.320 e. The van der Waals surface area contributed by atoms with E-state index in [2.05, 4.69) is 0 Å². The molecule has 78 valence electrons.